The fraction of sp³-hybridized carbons (Fsp3) is 0.500. The Labute approximate surface area is 135 Å². The molecule has 0 radical (unpaired) electrons. The molecule has 2 aromatic rings. The van der Waals surface area contributed by atoms with Gasteiger partial charge in [-0.05, 0) is 31.9 Å². The zero-order chi connectivity index (χ0) is 16.1. The Morgan fingerprint density at radius 2 is 2.17 bits per heavy atom. The van der Waals surface area contributed by atoms with Crippen molar-refractivity contribution in [2.75, 3.05) is 0 Å². The van der Waals surface area contributed by atoms with Gasteiger partial charge < -0.3 is 10.6 Å². The van der Waals surface area contributed by atoms with E-state index in [1.165, 1.54) is 19.3 Å². The highest BCUT2D eigenvalue weighted by Gasteiger charge is 2.18. The van der Waals surface area contributed by atoms with Gasteiger partial charge in [0.25, 0.3) is 0 Å². The maximum absolute atomic E-state index is 12.1. The van der Waals surface area contributed by atoms with Crippen molar-refractivity contribution in [1.82, 2.24) is 30.8 Å². The smallest absolute Gasteiger partial charge is 0.315 e. The lowest BCUT2D eigenvalue weighted by atomic mass is 9.96. The van der Waals surface area contributed by atoms with E-state index in [9.17, 15) is 4.79 Å². The van der Waals surface area contributed by atoms with Gasteiger partial charge >= 0.3 is 6.03 Å². The number of hydrogen-bond acceptors (Lipinski definition) is 4. The van der Waals surface area contributed by atoms with Gasteiger partial charge in [-0.25, -0.2) is 9.78 Å². The third-order valence-corrected chi connectivity index (χ3v) is 4.12. The van der Waals surface area contributed by atoms with Crippen molar-refractivity contribution in [2.24, 2.45) is 0 Å². The van der Waals surface area contributed by atoms with E-state index in [0.717, 1.165) is 18.4 Å². The Balaban J connectivity index is 1.56. The summed E-state index contributed by atoms with van der Waals surface area (Å²) in [6.07, 6.45) is 9.20. The van der Waals surface area contributed by atoms with Gasteiger partial charge in [-0.3, -0.25) is 10.1 Å². The van der Waals surface area contributed by atoms with Crippen LogP contribution in [0.3, 0.4) is 0 Å². The predicted molar refractivity (Wildman–Crippen MR) is 86.6 cm³/mol. The van der Waals surface area contributed by atoms with E-state index in [0.29, 0.717) is 11.6 Å². The molecule has 3 N–H and O–H groups in total. The molecule has 7 heteroatoms. The Kier molecular flexibility index (Phi) is 4.85. The average Bonchev–Trinajstić information content (AvgIpc) is 3.06. The summed E-state index contributed by atoms with van der Waals surface area (Å²) < 4.78 is 0. The van der Waals surface area contributed by atoms with Crippen molar-refractivity contribution in [2.45, 2.75) is 51.1 Å². The predicted octanol–water partition coefficient (Wildman–Crippen LogP) is 2.56. The summed E-state index contributed by atoms with van der Waals surface area (Å²) in [5, 5.41) is 13.0. The maximum atomic E-state index is 12.1. The second kappa shape index (κ2) is 7.21. The van der Waals surface area contributed by atoms with Gasteiger partial charge in [-0.1, -0.05) is 19.3 Å². The maximum Gasteiger partial charge on any atom is 0.315 e. The molecular formula is C16H22N6O. The van der Waals surface area contributed by atoms with Gasteiger partial charge in [-0.2, -0.15) is 5.10 Å². The molecule has 2 aromatic heterocycles. The van der Waals surface area contributed by atoms with Crippen molar-refractivity contribution in [3.05, 3.63) is 30.4 Å². The van der Waals surface area contributed by atoms with E-state index in [-0.39, 0.29) is 18.1 Å². The Hall–Kier alpha value is -2.44. The highest BCUT2D eigenvalue weighted by atomic mass is 16.2. The van der Waals surface area contributed by atoms with Crippen LogP contribution in [-0.2, 0) is 0 Å². The van der Waals surface area contributed by atoms with Crippen LogP contribution in [0.15, 0.2) is 24.5 Å². The van der Waals surface area contributed by atoms with Crippen molar-refractivity contribution < 1.29 is 4.79 Å². The van der Waals surface area contributed by atoms with Crippen LogP contribution in [-0.4, -0.2) is 32.2 Å². The van der Waals surface area contributed by atoms with Gasteiger partial charge in [-0.15, -0.1) is 0 Å². The summed E-state index contributed by atoms with van der Waals surface area (Å²) in [6.45, 7) is 1.88. The van der Waals surface area contributed by atoms with E-state index < -0.39 is 0 Å². The van der Waals surface area contributed by atoms with Crippen LogP contribution < -0.4 is 10.6 Å². The number of pyridine rings is 1. The Bertz CT molecular complexity index is 635. The SMILES string of the molecule is C[C@@H](NC(=O)NC1CCCCC1)c1nc(-c2cccnc2)n[nH]1. The number of carbonyl (C=O) groups is 1. The van der Waals surface area contributed by atoms with E-state index in [1.54, 1.807) is 12.4 Å². The summed E-state index contributed by atoms with van der Waals surface area (Å²) in [6, 6.07) is 3.63. The minimum absolute atomic E-state index is 0.149. The van der Waals surface area contributed by atoms with Crippen LogP contribution in [0, 0.1) is 0 Å². The minimum Gasteiger partial charge on any atom is -0.335 e. The molecule has 1 saturated carbocycles. The summed E-state index contributed by atoms with van der Waals surface area (Å²) in [5.74, 6) is 1.21. The van der Waals surface area contributed by atoms with Crippen LogP contribution in [0.5, 0.6) is 0 Å². The van der Waals surface area contributed by atoms with Crippen LogP contribution in [0.2, 0.25) is 0 Å². The van der Waals surface area contributed by atoms with E-state index in [4.69, 9.17) is 0 Å². The van der Waals surface area contributed by atoms with Gasteiger partial charge in [0.15, 0.2) is 5.82 Å². The second-order valence-electron chi connectivity index (χ2n) is 5.96. The number of H-pyrrole nitrogens is 1. The zero-order valence-corrected chi connectivity index (χ0v) is 13.2. The molecule has 2 heterocycles. The van der Waals surface area contributed by atoms with Gasteiger partial charge in [0.05, 0.1) is 6.04 Å². The molecule has 1 atom stereocenters. The number of urea groups is 1. The molecule has 0 bridgehead atoms. The van der Waals surface area contributed by atoms with Crippen LogP contribution in [0.4, 0.5) is 4.79 Å². The number of aromatic amines is 1. The second-order valence-corrected chi connectivity index (χ2v) is 5.96. The summed E-state index contributed by atoms with van der Waals surface area (Å²) in [5.41, 5.74) is 0.842. The monoisotopic (exact) mass is 314 g/mol. The van der Waals surface area contributed by atoms with Crippen LogP contribution >= 0.6 is 0 Å². The van der Waals surface area contributed by atoms with Gasteiger partial charge in [0.1, 0.15) is 5.82 Å². The largest absolute Gasteiger partial charge is 0.335 e. The van der Waals surface area contributed by atoms with Crippen molar-refractivity contribution in [1.29, 1.82) is 0 Å². The number of aromatic nitrogens is 4. The molecule has 0 aliphatic heterocycles. The van der Waals surface area contributed by atoms with E-state index in [2.05, 4.69) is 30.8 Å². The first-order valence-corrected chi connectivity index (χ1v) is 8.12. The molecule has 23 heavy (non-hydrogen) atoms. The number of carbonyl (C=O) groups excluding carboxylic acids is 1. The van der Waals surface area contributed by atoms with Crippen LogP contribution in [0.1, 0.15) is 50.9 Å². The van der Waals surface area contributed by atoms with Gasteiger partial charge in [0.2, 0.25) is 0 Å². The molecule has 7 nitrogen and oxygen atoms in total. The normalized spacial score (nSPS) is 16.7. The number of nitrogens with one attached hydrogen (secondary N) is 3. The lowest BCUT2D eigenvalue weighted by Crippen LogP contribution is -2.43. The Morgan fingerprint density at radius 1 is 1.35 bits per heavy atom. The third kappa shape index (κ3) is 4.06. The average molecular weight is 314 g/mol. The molecule has 0 aromatic carbocycles. The van der Waals surface area contributed by atoms with Crippen molar-refractivity contribution in [3.63, 3.8) is 0 Å². The summed E-state index contributed by atoms with van der Waals surface area (Å²) in [4.78, 5) is 20.6. The number of hydrogen-bond donors (Lipinski definition) is 3. The number of amides is 2. The van der Waals surface area contributed by atoms with Crippen LogP contribution in [0.25, 0.3) is 11.4 Å². The highest BCUT2D eigenvalue weighted by molar-refractivity contribution is 5.74. The zero-order valence-electron chi connectivity index (χ0n) is 13.2. The first kappa shape index (κ1) is 15.5. The molecule has 122 valence electrons. The molecule has 3 rings (SSSR count). The molecule has 1 aliphatic carbocycles. The standard InChI is InChI=1S/C16H22N6O/c1-11(18-16(23)19-13-7-3-2-4-8-13)14-20-15(22-21-14)12-6-5-9-17-10-12/h5-6,9-11,13H,2-4,7-8H2,1H3,(H2,18,19,23)(H,20,21,22)/t11-/m1/s1. The summed E-state index contributed by atoms with van der Waals surface area (Å²) >= 11 is 0. The first-order valence-electron chi connectivity index (χ1n) is 8.12. The van der Waals surface area contributed by atoms with Crippen molar-refractivity contribution in [3.8, 4) is 11.4 Å². The van der Waals surface area contributed by atoms with E-state index >= 15 is 0 Å². The molecule has 0 unspecified atom stereocenters. The fourth-order valence-corrected chi connectivity index (χ4v) is 2.83. The van der Waals surface area contributed by atoms with E-state index in [1.807, 2.05) is 19.1 Å². The molecule has 0 spiro atoms. The fourth-order valence-electron chi connectivity index (χ4n) is 2.83. The lowest BCUT2D eigenvalue weighted by Gasteiger charge is -2.23. The number of nitrogens with zero attached hydrogens (tertiary/aromatic N) is 3. The molecule has 2 amide bonds. The lowest BCUT2D eigenvalue weighted by molar-refractivity contribution is 0.229. The van der Waals surface area contributed by atoms with Gasteiger partial charge in [0, 0.05) is 24.0 Å². The third-order valence-electron chi connectivity index (χ3n) is 4.12. The number of rotatable bonds is 4. The topological polar surface area (TPSA) is 95.6 Å². The quantitative estimate of drug-likeness (QED) is 0.808. The first-order chi connectivity index (χ1) is 11.2. The van der Waals surface area contributed by atoms with Crippen molar-refractivity contribution >= 4 is 6.03 Å². The summed E-state index contributed by atoms with van der Waals surface area (Å²) in [7, 11) is 0. The molecular weight excluding hydrogens is 292 g/mol. The highest BCUT2D eigenvalue weighted by Crippen LogP contribution is 2.18. The Morgan fingerprint density at radius 3 is 2.91 bits per heavy atom. The molecule has 1 aliphatic rings. The minimum atomic E-state index is -0.239. The molecule has 1 fully saturated rings. The molecule has 0 saturated heterocycles.